The summed E-state index contributed by atoms with van der Waals surface area (Å²) in [5, 5.41) is 0. The number of ketones is 1. The quantitative estimate of drug-likeness (QED) is 0.668. The van der Waals surface area contributed by atoms with Crippen LogP contribution in [-0.2, 0) is 9.53 Å². The summed E-state index contributed by atoms with van der Waals surface area (Å²) in [6.45, 7) is 4.96. The third kappa shape index (κ3) is 3.62. The molecule has 0 aliphatic carbocycles. The number of carbonyl (C=O) groups is 1. The third-order valence-electron chi connectivity index (χ3n) is 2.16. The van der Waals surface area contributed by atoms with E-state index in [1.165, 1.54) is 0 Å². The van der Waals surface area contributed by atoms with E-state index in [2.05, 4.69) is 13.8 Å². The van der Waals surface area contributed by atoms with Gasteiger partial charge in [0.05, 0.1) is 6.61 Å². The number of hydrogen-bond donors (Lipinski definition) is 0. The molecule has 0 saturated carbocycles. The first-order valence-electron chi connectivity index (χ1n) is 5.06. The molecule has 0 N–H and O–H groups in total. The van der Waals surface area contributed by atoms with Crippen LogP contribution in [0.3, 0.4) is 0 Å². The highest BCUT2D eigenvalue weighted by molar-refractivity contribution is 5.93. The second-order valence-corrected chi connectivity index (χ2v) is 3.91. The Hall–Kier alpha value is -0.790. The molecule has 0 fully saturated rings. The molecule has 1 aliphatic heterocycles. The SMILES string of the molecule is CC(C)CCC(=O)C1=CCCCO1. The minimum Gasteiger partial charge on any atom is -0.490 e. The summed E-state index contributed by atoms with van der Waals surface area (Å²) in [6.07, 6.45) is 5.54. The van der Waals surface area contributed by atoms with Gasteiger partial charge in [0, 0.05) is 6.42 Å². The standard InChI is InChI=1S/C11H18O2/c1-9(2)6-7-10(12)11-5-3-4-8-13-11/h5,9H,3-4,6-8H2,1-2H3. The lowest BCUT2D eigenvalue weighted by atomic mass is 10.0. The Bertz CT molecular complexity index is 204. The molecule has 74 valence electrons. The fourth-order valence-electron chi connectivity index (χ4n) is 1.29. The predicted molar refractivity (Wildman–Crippen MR) is 52.3 cm³/mol. The third-order valence-corrected chi connectivity index (χ3v) is 2.16. The van der Waals surface area contributed by atoms with Gasteiger partial charge in [-0.15, -0.1) is 0 Å². The number of hydrogen-bond acceptors (Lipinski definition) is 2. The van der Waals surface area contributed by atoms with Gasteiger partial charge in [0.2, 0.25) is 0 Å². The highest BCUT2D eigenvalue weighted by Crippen LogP contribution is 2.14. The number of ether oxygens (including phenoxy) is 1. The van der Waals surface area contributed by atoms with E-state index in [1.807, 2.05) is 6.08 Å². The van der Waals surface area contributed by atoms with Gasteiger partial charge in [0.25, 0.3) is 0 Å². The second kappa shape index (κ2) is 5.05. The van der Waals surface area contributed by atoms with E-state index in [4.69, 9.17) is 4.74 Å². The zero-order valence-corrected chi connectivity index (χ0v) is 8.51. The van der Waals surface area contributed by atoms with Gasteiger partial charge in [-0.25, -0.2) is 0 Å². The number of rotatable bonds is 4. The maximum Gasteiger partial charge on any atom is 0.197 e. The summed E-state index contributed by atoms with van der Waals surface area (Å²) in [6, 6.07) is 0. The van der Waals surface area contributed by atoms with Gasteiger partial charge in [0.15, 0.2) is 11.5 Å². The lowest BCUT2D eigenvalue weighted by Gasteiger charge is -2.13. The number of carbonyl (C=O) groups excluding carboxylic acids is 1. The van der Waals surface area contributed by atoms with E-state index in [0.717, 1.165) is 19.3 Å². The van der Waals surface area contributed by atoms with E-state index in [1.54, 1.807) is 0 Å². The Labute approximate surface area is 80.0 Å². The van der Waals surface area contributed by atoms with Crippen molar-refractivity contribution in [3.05, 3.63) is 11.8 Å². The summed E-state index contributed by atoms with van der Waals surface area (Å²) in [7, 11) is 0. The summed E-state index contributed by atoms with van der Waals surface area (Å²) in [5.41, 5.74) is 0. The minimum atomic E-state index is 0.174. The first-order chi connectivity index (χ1) is 6.20. The molecule has 0 aromatic heterocycles. The van der Waals surface area contributed by atoms with Crippen LogP contribution in [0.1, 0.15) is 39.5 Å². The van der Waals surface area contributed by atoms with Gasteiger partial charge in [-0.1, -0.05) is 13.8 Å². The summed E-state index contributed by atoms with van der Waals surface area (Å²) in [5.74, 6) is 1.37. The van der Waals surface area contributed by atoms with Gasteiger partial charge in [-0.2, -0.15) is 0 Å². The monoisotopic (exact) mass is 182 g/mol. The molecule has 0 aromatic rings. The van der Waals surface area contributed by atoms with Crippen LogP contribution in [0.2, 0.25) is 0 Å². The second-order valence-electron chi connectivity index (χ2n) is 3.91. The van der Waals surface area contributed by atoms with E-state index >= 15 is 0 Å². The van der Waals surface area contributed by atoms with E-state index in [-0.39, 0.29) is 5.78 Å². The van der Waals surface area contributed by atoms with Crippen LogP contribution in [0.15, 0.2) is 11.8 Å². The molecule has 2 heteroatoms. The van der Waals surface area contributed by atoms with Crippen LogP contribution >= 0.6 is 0 Å². The average Bonchev–Trinajstić information content (AvgIpc) is 2.15. The minimum absolute atomic E-state index is 0.174. The first kappa shape index (κ1) is 10.3. The van der Waals surface area contributed by atoms with Gasteiger partial charge < -0.3 is 4.74 Å². The zero-order chi connectivity index (χ0) is 9.68. The van der Waals surface area contributed by atoms with Crippen molar-refractivity contribution >= 4 is 5.78 Å². The van der Waals surface area contributed by atoms with Gasteiger partial charge in [-0.3, -0.25) is 4.79 Å². The van der Waals surface area contributed by atoms with Gasteiger partial charge >= 0.3 is 0 Å². The molecular weight excluding hydrogens is 164 g/mol. The predicted octanol–water partition coefficient (Wildman–Crippen LogP) is 2.69. The molecule has 0 spiro atoms. The van der Waals surface area contributed by atoms with Crippen molar-refractivity contribution in [2.45, 2.75) is 39.5 Å². The smallest absolute Gasteiger partial charge is 0.197 e. The molecule has 0 atom stereocenters. The van der Waals surface area contributed by atoms with Crippen molar-refractivity contribution in [1.82, 2.24) is 0 Å². The van der Waals surface area contributed by atoms with Crippen LogP contribution in [0.4, 0.5) is 0 Å². The van der Waals surface area contributed by atoms with Crippen LogP contribution in [0, 0.1) is 5.92 Å². The maximum absolute atomic E-state index is 11.5. The topological polar surface area (TPSA) is 26.3 Å². The van der Waals surface area contributed by atoms with Gasteiger partial charge in [-0.05, 0) is 31.3 Å². The molecule has 0 aromatic carbocycles. The van der Waals surface area contributed by atoms with Crippen LogP contribution in [0.25, 0.3) is 0 Å². The molecule has 1 aliphatic rings. The van der Waals surface area contributed by atoms with Crippen molar-refractivity contribution in [3.8, 4) is 0 Å². The van der Waals surface area contributed by atoms with Crippen LogP contribution in [0.5, 0.6) is 0 Å². The van der Waals surface area contributed by atoms with E-state index < -0.39 is 0 Å². The molecule has 2 nitrogen and oxygen atoms in total. The van der Waals surface area contributed by atoms with Gasteiger partial charge in [0.1, 0.15) is 0 Å². The van der Waals surface area contributed by atoms with E-state index in [9.17, 15) is 4.79 Å². The molecule has 0 unspecified atom stereocenters. The normalized spacial score (nSPS) is 16.7. The first-order valence-corrected chi connectivity index (χ1v) is 5.06. The fourth-order valence-corrected chi connectivity index (χ4v) is 1.29. The van der Waals surface area contributed by atoms with Crippen LogP contribution < -0.4 is 0 Å². The van der Waals surface area contributed by atoms with Crippen molar-refractivity contribution in [2.24, 2.45) is 5.92 Å². The molecule has 13 heavy (non-hydrogen) atoms. The van der Waals surface area contributed by atoms with Crippen molar-refractivity contribution < 1.29 is 9.53 Å². The molecular formula is C11H18O2. The summed E-state index contributed by atoms with van der Waals surface area (Å²) >= 11 is 0. The average molecular weight is 182 g/mol. The fraction of sp³-hybridized carbons (Fsp3) is 0.727. The lowest BCUT2D eigenvalue weighted by molar-refractivity contribution is -0.119. The Morgan fingerprint density at radius 3 is 2.92 bits per heavy atom. The van der Waals surface area contributed by atoms with Crippen molar-refractivity contribution in [1.29, 1.82) is 0 Å². The molecule has 0 saturated heterocycles. The number of allylic oxidation sites excluding steroid dienone is 2. The molecule has 1 heterocycles. The van der Waals surface area contributed by atoms with Crippen molar-refractivity contribution in [2.75, 3.05) is 6.61 Å². The lowest BCUT2D eigenvalue weighted by Crippen LogP contribution is -2.11. The highest BCUT2D eigenvalue weighted by atomic mass is 16.5. The summed E-state index contributed by atoms with van der Waals surface area (Å²) < 4.78 is 5.28. The van der Waals surface area contributed by atoms with E-state index in [0.29, 0.717) is 24.7 Å². The largest absolute Gasteiger partial charge is 0.490 e. The Balaban J connectivity index is 2.34. The summed E-state index contributed by atoms with van der Waals surface area (Å²) in [4.78, 5) is 11.5. The zero-order valence-electron chi connectivity index (χ0n) is 8.51. The van der Waals surface area contributed by atoms with Crippen molar-refractivity contribution in [3.63, 3.8) is 0 Å². The Morgan fingerprint density at radius 1 is 1.62 bits per heavy atom. The Morgan fingerprint density at radius 2 is 2.38 bits per heavy atom. The molecule has 1 rings (SSSR count). The molecule has 0 bridgehead atoms. The number of Topliss-reactive ketones (excluding diaryl/α,β-unsaturated/α-hetero) is 1. The van der Waals surface area contributed by atoms with Crippen LogP contribution in [-0.4, -0.2) is 12.4 Å². The maximum atomic E-state index is 11.5. The Kier molecular flexibility index (Phi) is 4.00. The molecule has 0 amide bonds. The molecule has 0 radical (unpaired) electrons. The highest BCUT2D eigenvalue weighted by Gasteiger charge is 2.13.